The van der Waals surface area contributed by atoms with E-state index in [0.29, 0.717) is 6.42 Å². The Morgan fingerprint density at radius 2 is 2.15 bits per heavy atom. The highest BCUT2D eigenvalue weighted by Crippen LogP contribution is 2.44. The van der Waals surface area contributed by atoms with Gasteiger partial charge >= 0.3 is 0 Å². The Labute approximate surface area is 152 Å². The molecule has 2 aliphatic rings. The summed E-state index contributed by atoms with van der Waals surface area (Å²) in [5.41, 5.74) is 3.95. The number of nitrogens with zero attached hydrogens (tertiary/aromatic N) is 2. The maximum absolute atomic E-state index is 13.8. The molecule has 134 valence electrons. The third kappa shape index (κ3) is 2.68. The Balaban J connectivity index is 1.82. The molecular formula is C21H21FN2O2. The van der Waals surface area contributed by atoms with Crippen molar-refractivity contribution in [2.24, 2.45) is 11.0 Å². The van der Waals surface area contributed by atoms with Crippen LogP contribution in [0.25, 0.3) is 0 Å². The molecule has 2 atom stereocenters. The molecule has 0 saturated carbocycles. The molecule has 1 aliphatic heterocycles. The van der Waals surface area contributed by atoms with Gasteiger partial charge in [-0.25, -0.2) is 9.40 Å². The predicted molar refractivity (Wildman–Crippen MR) is 97.6 cm³/mol. The van der Waals surface area contributed by atoms with E-state index in [1.807, 2.05) is 25.1 Å². The molecule has 0 aromatic heterocycles. The standard InChI is InChI=1S/C21H21FN2O2/c1-3-19(25)24-21(14-5-4-6-15(22)11-14)17-10-8-13-7-9-16(26-2)12-18(13)20(17)23-24/h4-7,9,11-12,17,21H,3,8,10H2,1-2H3/t17-,21-/m1/s1. The molecule has 0 unspecified atom stereocenters. The van der Waals surface area contributed by atoms with Crippen LogP contribution in [-0.4, -0.2) is 23.7 Å². The Hall–Kier alpha value is -2.69. The Morgan fingerprint density at radius 1 is 1.31 bits per heavy atom. The molecule has 4 nitrogen and oxygen atoms in total. The summed E-state index contributed by atoms with van der Waals surface area (Å²) < 4.78 is 19.2. The van der Waals surface area contributed by atoms with Crippen LogP contribution in [0.1, 0.15) is 42.5 Å². The summed E-state index contributed by atoms with van der Waals surface area (Å²) in [6.07, 6.45) is 2.15. The van der Waals surface area contributed by atoms with Crippen molar-refractivity contribution < 1.29 is 13.9 Å². The Kier molecular flexibility index (Phi) is 4.23. The van der Waals surface area contributed by atoms with Gasteiger partial charge in [-0.3, -0.25) is 4.79 Å². The normalized spacial score (nSPS) is 21.0. The molecule has 0 radical (unpaired) electrons. The molecule has 2 aromatic rings. The van der Waals surface area contributed by atoms with Gasteiger partial charge in [-0.05, 0) is 48.2 Å². The minimum atomic E-state index is -0.294. The fourth-order valence-corrected chi connectivity index (χ4v) is 4.01. The van der Waals surface area contributed by atoms with Crippen LogP contribution in [-0.2, 0) is 11.2 Å². The number of halogens is 1. The summed E-state index contributed by atoms with van der Waals surface area (Å²) in [7, 11) is 1.64. The first-order valence-electron chi connectivity index (χ1n) is 8.95. The lowest BCUT2D eigenvalue weighted by molar-refractivity contribution is -0.133. The van der Waals surface area contributed by atoms with Crippen molar-refractivity contribution in [1.82, 2.24) is 5.01 Å². The number of carbonyl (C=O) groups excluding carboxylic acids is 1. The maximum atomic E-state index is 13.8. The largest absolute Gasteiger partial charge is 0.497 e. The van der Waals surface area contributed by atoms with Gasteiger partial charge in [-0.15, -0.1) is 0 Å². The summed E-state index contributed by atoms with van der Waals surface area (Å²) in [4.78, 5) is 12.6. The molecule has 5 heteroatoms. The van der Waals surface area contributed by atoms with Gasteiger partial charge in [0.15, 0.2) is 0 Å². The minimum Gasteiger partial charge on any atom is -0.497 e. The van der Waals surface area contributed by atoms with E-state index in [1.54, 1.807) is 18.2 Å². The van der Waals surface area contributed by atoms with Gasteiger partial charge in [0.25, 0.3) is 0 Å². The van der Waals surface area contributed by atoms with Crippen molar-refractivity contribution in [3.8, 4) is 5.75 Å². The van der Waals surface area contributed by atoms with Gasteiger partial charge in [-0.2, -0.15) is 5.10 Å². The average Bonchev–Trinajstić information content (AvgIpc) is 3.07. The van der Waals surface area contributed by atoms with Gasteiger partial charge in [0.2, 0.25) is 5.91 Å². The number of methoxy groups -OCH3 is 1. The van der Waals surface area contributed by atoms with E-state index < -0.39 is 0 Å². The van der Waals surface area contributed by atoms with Crippen molar-refractivity contribution in [2.45, 2.75) is 32.2 Å². The van der Waals surface area contributed by atoms with E-state index in [1.165, 1.54) is 17.7 Å². The predicted octanol–water partition coefficient (Wildman–Crippen LogP) is 4.09. The third-order valence-corrected chi connectivity index (χ3v) is 5.28. The zero-order chi connectivity index (χ0) is 18.3. The van der Waals surface area contributed by atoms with Crippen molar-refractivity contribution in [3.63, 3.8) is 0 Å². The fraction of sp³-hybridized carbons (Fsp3) is 0.333. The Morgan fingerprint density at radius 3 is 2.88 bits per heavy atom. The summed E-state index contributed by atoms with van der Waals surface area (Å²) in [5.74, 6) is 0.491. The van der Waals surface area contributed by atoms with Crippen molar-refractivity contribution in [3.05, 3.63) is 65.0 Å². The number of hydrogen-bond donors (Lipinski definition) is 0. The average molecular weight is 352 g/mol. The van der Waals surface area contributed by atoms with Crippen LogP contribution in [0.2, 0.25) is 0 Å². The van der Waals surface area contributed by atoms with E-state index in [4.69, 9.17) is 9.84 Å². The van der Waals surface area contributed by atoms with Crippen molar-refractivity contribution in [1.29, 1.82) is 0 Å². The monoisotopic (exact) mass is 352 g/mol. The summed E-state index contributed by atoms with van der Waals surface area (Å²) in [5, 5.41) is 6.27. The van der Waals surface area contributed by atoms with E-state index in [-0.39, 0.29) is 23.7 Å². The first-order chi connectivity index (χ1) is 12.6. The van der Waals surface area contributed by atoms with E-state index in [0.717, 1.165) is 35.4 Å². The molecule has 1 heterocycles. The molecule has 2 aromatic carbocycles. The SMILES string of the molecule is CCC(=O)N1N=C2c3cc(OC)ccc3CC[C@H]2[C@H]1c1cccc(F)c1. The molecule has 1 aliphatic carbocycles. The van der Waals surface area contributed by atoms with Crippen LogP contribution in [0, 0.1) is 11.7 Å². The van der Waals surface area contributed by atoms with Crippen LogP contribution in [0.5, 0.6) is 5.75 Å². The number of benzene rings is 2. The molecule has 0 fully saturated rings. The number of ether oxygens (including phenoxy) is 1. The van der Waals surface area contributed by atoms with Crippen LogP contribution in [0.4, 0.5) is 4.39 Å². The number of hydrazone groups is 1. The van der Waals surface area contributed by atoms with Crippen molar-refractivity contribution >= 4 is 11.6 Å². The highest BCUT2D eigenvalue weighted by atomic mass is 19.1. The second kappa shape index (κ2) is 6.56. The summed E-state index contributed by atoms with van der Waals surface area (Å²) >= 11 is 0. The minimum absolute atomic E-state index is 0.0504. The molecule has 0 N–H and O–H groups in total. The topological polar surface area (TPSA) is 41.9 Å². The summed E-state index contributed by atoms with van der Waals surface area (Å²) in [6.45, 7) is 1.82. The first kappa shape index (κ1) is 16.8. The highest BCUT2D eigenvalue weighted by molar-refractivity contribution is 6.07. The Bertz CT molecular complexity index is 893. The number of aryl methyl sites for hydroxylation is 1. The third-order valence-electron chi connectivity index (χ3n) is 5.28. The van der Waals surface area contributed by atoms with E-state index >= 15 is 0 Å². The van der Waals surface area contributed by atoms with Crippen LogP contribution < -0.4 is 4.74 Å². The van der Waals surface area contributed by atoms with Gasteiger partial charge in [-0.1, -0.05) is 25.1 Å². The first-order valence-corrected chi connectivity index (χ1v) is 8.95. The lowest BCUT2D eigenvalue weighted by atomic mass is 9.77. The second-order valence-electron chi connectivity index (χ2n) is 6.75. The number of amides is 1. The van der Waals surface area contributed by atoms with Gasteiger partial charge in [0.1, 0.15) is 11.6 Å². The van der Waals surface area contributed by atoms with Crippen LogP contribution >= 0.6 is 0 Å². The van der Waals surface area contributed by atoms with E-state index in [2.05, 4.69) is 6.07 Å². The molecule has 1 amide bonds. The molecule has 0 spiro atoms. The van der Waals surface area contributed by atoms with Gasteiger partial charge < -0.3 is 4.74 Å². The zero-order valence-electron chi connectivity index (χ0n) is 14.9. The number of hydrogen-bond acceptors (Lipinski definition) is 3. The lowest BCUT2D eigenvalue weighted by Gasteiger charge is -2.29. The molecule has 0 bridgehead atoms. The number of rotatable bonds is 3. The van der Waals surface area contributed by atoms with Gasteiger partial charge in [0, 0.05) is 17.9 Å². The van der Waals surface area contributed by atoms with E-state index in [9.17, 15) is 9.18 Å². The van der Waals surface area contributed by atoms with Crippen LogP contribution in [0.3, 0.4) is 0 Å². The summed E-state index contributed by atoms with van der Waals surface area (Å²) in [6, 6.07) is 12.3. The smallest absolute Gasteiger partial charge is 0.242 e. The molecule has 26 heavy (non-hydrogen) atoms. The maximum Gasteiger partial charge on any atom is 0.242 e. The molecule has 4 rings (SSSR count). The quantitative estimate of drug-likeness (QED) is 0.835. The van der Waals surface area contributed by atoms with Crippen LogP contribution in [0.15, 0.2) is 47.6 Å². The zero-order valence-corrected chi connectivity index (χ0v) is 14.9. The fourth-order valence-electron chi connectivity index (χ4n) is 4.01. The van der Waals surface area contributed by atoms with Gasteiger partial charge in [0.05, 0.1) is 18.9 Å². The highest BCUT2D eigenvalue weighted by Gasteiger charge is 2.43. The lowest BCUT2D eigenvalue weighted by Crippen LogP contribution is -2.32. The molecule has 0 saturated heterocycles. The number of fused-ring (bicyclic) bond motifs is 3. The second-order valence-corrected chi connectivity index (χ2v) is 6.75. The van der Waals surface area contributed by atoms with Crippen molar-refractivity contribution in [2.75, 3.05) is 7.11 Å². The number of carbonyl (C=O) groups is 1. The molecular weight excluding hydrogens is 331 g/mol.